The minimum atomic E-state index is -2.88. The maximum Gasteiger partial charge on any atom is 0.387 e. The van der Waals surface area contributed by atoms with Crippen molar-refractivity contribution in [1.29, 1.82) is 0 Å². The van der Waals surface area contributed by atoms with Crippen LogP contribution >= 0.6 is 11.3 Å². The van der Waals surface area contributed by atoms with Crippen molar-refractivity contribution in [2.45, 2.75) is 31.9 Å². The normalized spacial score (nSPS) is 17.4. The monoisotopic (exact) mass is 388 g/mol. The number of alkyl halides is 2. The fourth-order valence-electron chi connectivity index (χ4n) is 3.41. The van der Waals surface area contributed by atoms with Gasteiger partial charge in [0.15, 0.2) is 0 Å². The van der Waals surface area contributed by atoms with Crippen molar-refractivity contribution in [1.82, 2.24) is 9.88 Å². The van der Waals surface area contributed by atoms with Gasteiger partial charge in [-0.1, -0.05) is 12.1 Å². The van der Waals surface area contributed by atoms with Gasteiger partial charge in [-0.25, -0.2) is 4.98 Å². The molecule has 1 fully saturated rings. The van der Waals surface area contributed by atoms with Gasteiger partial charge in [0.2, 0.25) is 0 Å². The molecule has 2 heterocycles. The van der Waals surface area contributed by atoms with Crippen molar-refractivity contribution in [2.75, 3.05) is 6.54 Å². The highest BCUT2D eigenvalue weighted by Crippen LogP contribution is 2.36. The number of fused-ring (bicyclic) bond motifs is 1. The van der Waals surface area contributed by atoms with Crippen LogP contribution in [0.3, 0.4) is 0 Å². The number of thiazole rings is 1. The molecule has 2 aromatic carbocycles. The van der Waals surface area contributed by atoms with Gasteiger partial charge in [0.05, 0.1) is 16.3 Å². The first-order valence-corrected chi connectivity index (χ1v) is 9.65. The first kappa shape index (κ1) is 17.9. The van der Waals surface area contributed by atoms with Crippen LogP contribution in [0.1, 0.15) is 40.7 Å². The zero-order chi connectivity index (χ0) is 18.8. The van der Waals surface area contributed by atoms with Crippen LogP contribution in [-0.2, 0) is 0 Å². The topological polar surface area (TPSA) is 42.4 Å². The van der Waals surface area contributed by atoms with E-state index in [0.29, 0.717) is 12.1 Å². The van der Waals surface area contributed by atoms with Crippen LogP contribution in [0.15, 0.2) is 48.5 Å². The van der Waals surface area contributed by atoms with Crippen molar-refractivity contribution < 1.29 is 18.3 Å². The number of carbonyl (C=O) groups is 1. The molecule has 4 rings (SSSR count). The summed E-state index contributed by atoms with van der Waals surface area (Å²) in [4.78, 5) is 19.6. The molecule has 27 heavy (non-hydrogen) atoms. The first-order chi connectivity index (χ1) is 13.1. The SMILES string of the molecule is O=C(c1ccc(OC(F)F)cc1)N1CCCCC1c1nc2ccccc2s1. The number of nitrogens with zero attached hydrogens (tertiary/aromatic N) is 2. The highest BCUT2D eigenvalue weighted by atomic mass is 32.1. The molecule has 140 valence electrons. The number of hydrogen-bond acceptors (Lipinski definition) is 4. The van der Waals surface area contributed by atoms with Gasteiger partial charge in [-0.2, -0.15) is 8.78 Å². The highest BCUT2D eigenvalue weighted by molar-refractivity contribution is 7.18. The number of likely N-dealkylation sites (tertiary alicyclic amines) is 1. The second-order valence-electron chi connectivity index (χ2n) is 6.43. The van der Waals surface area contributed by atoms with Crippen LogP contribution in [0.2, 0.25) is 0 Å². The summed E-state index contributed by atoms with van der Waals surface area (Å²) in [7, 11) is 0. The number of amides is 1. The molecule has 0 saturated carbocycles. The number of hydrogen-bond donors (Lipinski definition) is 0. The highest BCUT2D eigenvalue weighted by Gasteiger charge is 2.31. The molecule has 3 aromatic rings. The van der Waals surface area contributed by atoms with Gasteiger partial charge < -0.3 is 9.64 Å². The Labute approximate surface area is 159 Å². The van der Waals surface area contributed by atoms with Crippen molar-refractivity contribution in [3.05, 3.63) is 59.1 Å². The van der Waals surface area contributed by atoms with Crippen LogP contribution in [0.4, 0.5) is 8.78 Å². The summed E-state index contributed by atoms with van der Waals surface area (Å²) in [6.07, 6.45) is 2.86. The summed E-state index contributed by atoms with van der Waals surface area (Å²) in [5, 5.41) is 0.946. The van der Waals surface area contributed by atoms with E-state index in [1.165, 1.54) is 24.3 Å². The molecule has 1 unspecified atom stereocenters. The van der Waals surface area contributed by atoms with Gasteiger partial charge in [-0.15, -0.1) is 11.3 Å². The quantitative estimate of drug-likeness (QED) is 0.612. The molecule has 1 aliphatic heterocycles. The largest absolute Gasteiger partial charge is 0.435 e. The summed E-state index contributed by atoms with van der Waals surface area (Å²) < 4.78 is 30.1. The molecular weight excluding hydrogens is 370 g/mol. The van der Waals surface area contributed by atoms with Crippen molar-refractivity contribution in [2.24, 2.45) is 0 Å². The molecule has 1 aromatic heterocycles. The molecule has 0 bridgehead atoms. The Kier molecular flexibility index (Phi) is 5.03. The molecule has 7 heteroatoms. The summed E-state index contributed by atoms with van der Waals surface area (Å²) in [5.41, 5.74) is 1.41. The Morgan fingerprint density at radius 2 is 1.93 bits per heavy atom. The second-order valence-corrected chi connectivity index (χ2v) is 7.50. The number of ether oxygens (including phenoxy) is 1. The first-order valence-electron chi connectivity index (χ1n) is 8.83. The lowest BCUT2D eigenvalue weighted by molar-refractivity contribution is -0.0498. The van der Waals surface area contributed by atoms with Crippen LogP contribution in [0, 0.1) is 0 Å². The third-order valence-electron chi connectivity index (χ3n) is 4.69. The standard InChI is InChI=1S/C20H18F2N2O2S/c21-20(22)26-14-10-8-13(9-11-14)19(25)24-12-4-3-6-16(24)18-23-15-5-1-2-7-17(15)27-18/h1-2,5,7-11,16,20H,3-4,6,12H2. The van der Waals surface area contributed by atoms with Gasteiger partial charge in [0.25, 0.3) is 5.91 Å². The van der Waals surface area contributed by atoms with E-state index >= 15 is 0 Å². The number of benzene rings is 2. The molecule has 0 aliphatic carbocycles. The molecule has 0 spiro atoms. The molecular formula is C20H18F2N2O2S. The van der Waals surface area contributed by atoms with Gasteiger partial charge in [0, 0.05) is 12.1 Å². The van der Waals surface area contributed by atoms with E-state index in [1.54, 1.807) is 11.3 Å². The van der Waals surface area contributed by atoms with E-state index in [2.05, 4.69) is 4.74 Å². The molecule has 0 N–H and O–H groups in total. The van der Waals surface area contributed by atoms with E-state index in [-0.39, 0.29) is 17.7 Å². The number of halogens is 2. The van der Waals surface area contributed by atoms with E-state index in [4.69, 9.17) is 4.98 Å². The van der Waals surface area contributed by atoms with Crippen LogP contribution in [-0.4, -0.2) is 28.9 Å². The lowest BCUT2D eigenvalue weighted by Crippen LogP contribution is -2.38. The Balaban J connectivity index is 1.59. The Morgan fingerprint density at radius 3 is 2.67 bits per heavy atom. The smallest absolute Gasteiger partial charge is 0.387 e. The van der Waals surface area contributed by atoms with Crippen LogP contribution in [0.25, 0.3) is 10.2 Å². The predicted molar refractivity (Wildman–Crippen MR) is 100 cm³/mol. The summed E-state index contributed by atoms with van der Waals surface area (Å²) in [6, 6.07) is 13.8. The Morgan fingerprint density at radius 1 is 1.15 bits per heavy atom. The lowest BCUT2D eigenvalue weighted by Gasteiger charge is -2.34. The fourth-order valence-corrected chi connectivity index (χ4v) is 4.52. The molecule has 0 radical (unpaired) electrons. The summed E-state index contributed by atoms with van der Waals surface area (Å²) >= 11 is 1.62. The Hall–Kier alpha value is -2.54. The number of piperidine rings is 1. The molecule has 1 saturated heterocycles. The van der Waals surface area contributed by atoms with Crippen molar-refractivity contribution in [3.8, 4) is 5.75 Å². The van der Waals surface area contributed by atoms with Crippen LogP contribution < -0.4 is 4.74 Å². The van der Waals surface area contributed by atoms with E-state index in [1.807, 2.05) is 29.2 Å². The maximum absolute atomic E-state index is 13.0. The molecule has 1 aliphatic rings. The molecule has 1 amide bonds. The minimum Gasteiger partial charge on any atom is -0.435 e. The second kappa shape index (κ2) is 7.60. The maximum atomic E-state index is 13.0. The summed E-state index contributed by atoms with van der Waals surface area (Å²) in [6.45, 7) is -2.22. The third-order valence-corrected chi connectivity index (χ3v) is 5.82. The van der Waals surface area contributed by atoms with Gasteiger partial charge >= 0.3 is 6.61 Å². The van der Waals surface area contributed by atoms with E-state index in [0.717, 1.165) is 34.5 Å². The predicted octanol–water partition coefficient (Wildman–Crippen LogP) is 5.27. The average Bonchev–Trinajstić information content (AvgIpc) is 3.12. The number of para-hydroxylation sites is 1. The lowest BCUT2D eigenvalue weighted by atomic mass is 10.0. The van der Waals surface area contributed by atoms with Crippen LogP contribution in [0.5, 0.6) is 5.75 Å². The molecule has 1 atom stereocenters. The van der Waals surface area contributed by atoms with Crippen molar-refractivity contribution >= 4 is 27.5 Å². The van der Waals surface area contributed by atoms with Crippen molar-refractivity contribution in [3.63, 3.8) is 0 Å². The third kappa shape index (κ3) is 3.78. The van der Waals surface area contributed by atoms with Gasteiger partial charge in [-0.05, 0) is 55.7 Å². The fraction of sp³-hybridized carbons (Fsp3) is 0.300. The van der Waals surface area contributed by atoms with E-state index < -0.39 is 6.61 Å². The van der Waals surface area contributed by atoms with Gasteiger partial charge in [0.1, 0.15) is 10.8 Å². The zero-order valence-electron chi connectivity index (χ0n) is 14.5. The summed E-state index contributed by atoms with van der Waals surface area (Å²) in [5.74, 6) is -0.0644. The average molecular weight is 388 g/mol. The van der Waals surface area contributed by atoms with E-state index in [9.17, 15) is 13.6 Å². The minimum absolute atomic E-state index is 0.0444. The zero-order valence-corrected chi connectivity index (χ0v) is 15.3. The molecule has 4 nitrogen and oxygen atoms in total. The van der Waals surface area contributed by atoms with Gasteiger partial charge in [-0.3, -0.25) is 4.79 Å². The number of carbonyl (C=O) groups excluding carboxylic acids is 1. The number of rotatable bonds is 4. The number of aromatic nitrogens is 1. The Bertz CT molecular complexity index is 910.